The third-order valence-electron chi connectivity index (χ3n) is 6.51. The maximum Gasteiger partial charge on any atom is 0.221 e. The standard InChI is InChI=1S/C33H58N2O12/c1-30(36)35-31-2-4-32(5-3-31)46-28-26-44-24-22-42-20-18-40-16-14-38-12-10-37-11-13-39-15-17-41-19-21-43-23-25-45-27-29-47-33-6-8-34-9-7-33/h2-5,33-34H,6-29H2,1H3,(H,35,36). The fraction of sp³-hybridized carbons (Fsp3) is 0.788. The molecular weight excluding hydrogens is 616 g/mol. The van der Waals surface area contributed by atoms with Crippen LogP contribution in [0.1, 0.15) is 19.8 Å². The van der Waals surface area contributed by atoms with Gasteiger partial charge in [-0.2, -0.15) is 0 Å². The quantitative estimate of drug-likeness (QED) is 0.105. The molecule has 0 spiro atoms. The summed E-state index contributed by atoms with van der Waals surface area (Å²) in [6.07, 6.45) is 2.52. The van der Waals surface area contributed by atoms with Gasteiger partial charge in [-0.3, -0.25) is 4.79 Å². The Kier molecular flexibility index (Phi) is 27.5. The first-order chi connectivity index (χ1) is 23.2. The van der Waals surface area contributed by atoms with Gasteiger partial charge >= 0.3 is 0 Å². The van der Waals surface area contributed by atoms with Crippen LogP contribution in [0, 0.1) is 0 Å². The van der Waals surface area contributed by atoms with E-state index in [0.717, 1.165) is 37.4 Å². The van der Waals surface area contributed by atoms with Gasteiger partial charge in [-0.25, -0.2) is 0 Å². The van der Waals surface area contributed by atoms with Gasteiger partial charge in [-0.05, 0) is 50.2 Å². The van der Waals surface area contributed by atoms with Crippen LogP contribution in [-0.2, 0) is 52.2 Å². The lowest BCUT2D eigenvalue weighted by Crippen LogP contribution is -2.33. The van der Waals surface area contributed by atoms with Gasteiger partial charge in [0.05, 0.1) is 132 Å². The zero-order valence-electron chi connectivity index (χ0n) is 28.3. The van der Waals surface area contributed by atoms with E-state index >= 15 is 0 Å². The van der Waals surface area contributed by atoms with Crippen molar-refractivity contribution in [2.24, 2.45) is 0 Å². The van der Waals surface area contributed by atoms with Crippen LogP contribution in [0.15, 0.2) is 24.3 Å². The topological polar surface area (TPSA) is 143 Å². The van der Waals surface area contributed by atoms with Crippen LogP contribution >= 0.6 is 0 Å². The van der Waals surface area contributed by atoms with Crippen molar-refractivity contribution in [2.75, 3.05) is 151 Å². The van der Waals surface area contributed by atoms with Crippen LogP contribution in [-0.4, -0.2) is 157 Å². The molecule has 0 aliphatic carbocycles. The number of anilines is 1. The molecule has 14 heteroatoms. The normalized spacial score (nSPS) is 13.6. The molecule has 14 nitrogen and oxygen atoms in total. The average molecular weight is 675 g/mol. The van der Waals surface area contributed by atoms with Gasteiger partial charge in [-0.15, -0.1) is 0 Å². The van der Waals surface area contributed by atoms with Crippen molar-refractivity contribution in [3.63, 3.8) is 0 Å². The maximum absolute atomic E-state index is 11.0. The molecule has 1 aliphatic heterocycles. The lowest BCUT2D eigenvalue weighted by atomic mass is 10.1. The van der Waals surface area contributed by atoms with Crippen LogP contribution in [0.5, 0.6) is 5.75 Å². The molecule has 0 atom stereocenters. The molecule has 0 unspecified atom stereocenters. The zero-order chi connectivity index (χ0) is 33.3. The van der Waals surface area contributed by atoms with Crippen molar-refractivity contribution in [1.29, 1.82) is 0 Å². The summed E-state index contributed by atoms with van der Waals surface area (Å²) in [6.45, 7) is 13.9. The molecule has 1 saturated heterocycles. The molecule has 0 bridgehead atoms. The molecule has 0 saturated carbocycles. The van der Waals surface area contributed by atoms with E-state index in [-0.39, 0.29) is 5.91 Å². The number of nitrogens with one attached hydrogen (secondary N) is 2. The third kappa shape index (κ3) is 26.7. The summed E-state index contributed by atoms with van der Waals surface area (Å²) < 4.78 is 60.8. The highest BCUT2D eigenvalue weighted by atomic mass is 16.6. The molecule has 47 heavy (non-hydrogen) atoms. The van der Waals surface area contributed by atoms with Gasteiger partial charge in [-0.1, -0.05) is 0 Å². The fourth-order valence-electron chi connectivity index (χ4n) is 4.15. The number of carbonyl (C=O) groups is 1. The van der Waals surface area contributed by atoms with Crippen molar-refractivity contribution < 1.29 is 56.9 Å². The Balaban J connectivity index is 1.16. The molecule has 272 valence electrons. The maximum atomic E-state index is 11.0. The Morgan fingerprint density at radius 3 is 1.26 bits per heavy atom. The van der Waals surface area contributed by atoms with E-state index < -0.39 is 0 Å². The first-order valence-electron chi connectivity index (χ1n) is 16.8. The van der Waals surface area contributed by atoms with E-state index in [1.807, 2.05) is 0 Å². The van der Waals surface area contributed by atoms with E-state index in [0.29, 0.717) is 138 Å². The summed E-state index contributed by atoms with van der Waals surface area (Å²) >= 11 is 0. The van der Waals surface area contributed by atoms with Crippen LogP contribution in [0.25, 0.3) is 0 Å². The van der Waals surface area contributed by atoms with Crippen molar-refractivity contribution >= 4 is 11.6 Å². The molecule has 1 heterocycles. The van der Waals surface area contributed by atoms with Crippen molar-refractivity contribution in [1.82, 2.24) is 5.32 Å². The summed E-state index contributed by atoms with van der Waals surface area (Å²) in [5, 5.41) is 6.04. The first kappa shape index (κ1) is 41.2. The van der Waals surface area contributed by atoms with E-state index in [1.54, 1.807) is 24.3 Å². The monoisotopic (exact) mass is 674 g/mol. The zero-order valence-corrected chi connectivity index (χ0v) is 28.3. The number of benzene rings is 1. The van der Waals surface area contributed by atoms with Crippen LogP contribution in [0.2, 0.25) is 0 Å². The Morgan fingerprint density at radius 2 is 0.894 bits per heavy atom. The molecule has 1 aliphatic rings. The highest BCUT2D eigenvalue weighted by molar-refractivity contribution is 5.88. The summed E-state index contributed by atoms with van der Waals surface area (Å²) in [6, 6.07) is 7.18. The predicted molar refractivity (Wildman–Crippen MR) is 175 cm³/mol. The van der Waals surface area contributed by atoms with Crippen molar-refractivity contribution in [2.45, 2.75) is 25.9 Å². The minimum atomic E-state index is -0.107. The number of piperidine rings is 1. The Morgan fingerprint density at radius 1 is 0.553 bits per heavy atom. The predicted octanol–water partition coefficient (Wildman–Crippen LogP) is 1.94. The van der Waals surface area contributed by atoms with Crippen molar-refractivity contribution in [3.8, 4) is 5.75 Å². The van der Waals surface area contributed by atoms with Gasteiger partial charge in [0, 0.05) is 12.6 Å². The fourth-order valence-corrected chi connectivity index (χ4v) is 4.15. The van der Waals surface area contributed by atoms with E-state index in [9.17, 15) is 4.79 Å². The van der Waals surface area contributed by atoms with Crippen LogP contribution < -0.4 is 15.4 Å². The van der Waals surface area contributed by atoms with E-state index in [2.05, 4.69) is 10.6 Å². The minimum Gasteiger partial charge on any atom is -0.491 e. The highest BCUT2D eigenvalue weighted by Gasteiger charge is 2.12. The lowest BCUT2D eigenvalue weighted by molar-refractivity contribution is -0.114. The van der Waals surface area contributed by atoms with Gasteiger partial charge in [0.1, 0.15) is 12.4 Å². The second kappa shape index (κ2) is 31.3. The lowest BCUT2D eigenvalue weighted by Gasteiger charge is -2.22. The number of carbonyl (C=O) groups excluding carboxylic acids is 1. The van der Waals surface area contributed by atoms with Gasteiger partial charge in [0.15, 0.2) is 0 Å². The van der Waals surface area contributed by atoms with E-state index in [1.165, 1.54) is 6.92 Å². The molecule has 0 radical (unpaired) electrons. The second-order valence-electron chi connectivity index (χ2n) is 10.4. The molecular formula is C33H58N2O12. The van der Waals surface area contributed by atoms with Gasteiger partial charge < -0.3 is 62.7 Å². The Bertz CT molecular complexity index is 830. The molecule has 1 amide bonds. The highest BCUT2D eigenvalue weighted by Crippen LogP contribution is 2.15. The molecule has 1 aromatic carbocycles. The molecule has 2 N–H and O–H groups in total. The summed E-state index contributed by atoms with van der Waals surface area (Å²) in [7, 11) is 0. The van der Waals surface area contributed by atoms with Crippen molar-refractivity contribution in [3.05, 3.63) is 24.3 Å². The molecule has 0 aromatic heterocycles. The minimum absolute atomic E-state index is 0.107. The number of rotatable bonds is 33. The SMILES string of the molecule is CC(=O)Nc1ccc(OCCOCCOCCOCCOCCOCCOCCOCCOCCOCCOC2CCNCC2)cc1. The number of amides is 1. The number of hydrogen-bond acceptors (Lipinski definition) is 13. The number of ether oxygens (including phenoxy) is 11. The molecule has 1 aromatic rings. The Labute approximate surface area is 280 Å². The van der Waals surface area contributed by atoms with Crippen LogP contribution in [0.3, 0.4) is 0 Å². The Hall–Kier alpha value is -1.95. The second-order valence-corrected chi connectivity index (χ2v) is 10.4. The summed E-state index contributed by atoms with van der Waals surface area (Å²) in [4.78, 5) is 11.0. The largest absolute Gasteiger partial charge is 0.491 e. The van der Waals surface area contributed by atoms with E-state index in [4.69, 9.17) is 52.1 Å². The third-order valence-corrected chi connectivity index (χ3v) is 6.51. The first-order valence-corrected chi connectivity index (χ1v) is 16.8. The molecule has 2 rings (SSSR count). The molecule has 1 fully saturated rings. The summed E-state index contributed by atoms with van der Waals surface area (Å²) in [5.74, 6) is 0.612. The van der Waals surface area contributed by atoms with Gasteiger partial charge in [0.25, 0.3) is 0 Å². The number of hydrogen-bond donors (Lipinski definition) is 2. The van der Waals surface area contributed by atoms with Gasteiger partial charge in [0.2, 0.25) is 5.91 Å². The van der Waals surface area contributed by atoms with Crippen LogP contribution in [0.4, 0.5) is 5.69 Å². The smallest absolute Gasteiger partial charge is 0.221 e. The average Bonchev–Trinajstić information content (AvgIpc) is 3.08. The summed E-state index contributed by atoms with van der Waals surface area (Å²) in [5.41, 5.74) is 0.733.